The fraction of sp³-hybridized carbons (Fsp3) is 0.0833. The van der Waals surface area contributed by atoms with E-state index in [0.717, 1.165) is 10.0 Å². The summed E-state index contributed by atoms with van der Waals surface area (Å²) in [6.45, 7) is 0.227. The van der Waals surface area contributed by atoms with E-state index in [2.05, 4.69) is 31.1 Å². The summed E-state index contributed by atoms with van der Waals surface area (Å²) in [6.07, 6.45) is 2.66. The van der Waals surface area contributed by atoms with Gasteiger partial charge in [0.25, 0.3) is 0 Å². The van der Waals surface area contributed by atoms with E-state index in [4.69, 9.17) is 4.42 Å². The van der Waals surface area contributed by atoms with Gasteiger partial charge in [-0.25, -0.2) is 0 Å². The SMILES string of the molecule is O=[N+]([O-])c1cn(Cc2nnc(-c3ccc(Br)cc3)o2)cn1. The summed E-state index contributed by atoms with van der Waals surface area (Å²) < 4.78 is 7.99. The lowest BCUT2D eigenvalue weighted by atomic mass is 10.2. The van der Waals surface area contributed by atoms with Crippen molar-refractivity contribution in [1.29, 1.82) is 0 Å². The Labute approximate surface area is 126 Å². The molecule has 3 rings (SSSR count). The largest absolute Gasteiger partial charge is 0.419 e. The molecular weight excluding hydrogens is 342 g/mol. The number of benzene rings is 1. The first-order valence-electron chi connectivity index (χ1n) is 5.86. The molecule has 0 fully saturated rings. The number of hydrogen-bond donors (Lipinski definition) is 0. The third-order valence-corrected chi connectivity index (χ3v) is 3.21. The molecule has 0 aliphatic rings. The van der Waals surface area contributed by atoms with Gasteiger partial charge in [0.2, 0.25) is 18.1 Å². The van der Waals surface area contributed by atoms with Crippen LogP contribution in [0, 0.1) is 10.1 Å². The molecule has 9 heteroatoms. The number of halogens is 1. The van der Waals surface area contributed by atoms with E-state index in [9.17, 15) is 10.1 Å². The Bertz CT molecular complexity index is 780. The molecule has 0 saturated heterocycles. The van der Waals surface area contributed by atoms with E-state index >= 15 is 0 Å². The van der Waals surface area contributed by atoms with Crippen LogP contribution in [0.25, 0.3) is 11.5 Å². The number of rotatable bonds is 4. The first kappa shape index (κ1) is 13.4. The van der Waals surface area contributed by atoms with Crippen molar-refractivity contribution < 1.29 is 9.34 Å². The summed E-state index contributed by atoms with van der Waals surface area (Å²) in [5, 5.41) is 18.4. The standard InChI is InChI=1S/C12H8BrN5O3/c13-9-3-1-8(2-4-9)12-16-15-11(21-12)6-17-5-10(14-7-17)18(19)20/h1-5,7H,6H2. The fourth-order valence-corrected chi connectivity index (χ4v) is 1.98. The predicted molar refractivity (Wildman–Crippen MR) is 75.4 cm³/mol. The number of hydrogen-bond acceptors (Lipinski definition) is 6. The van der Waals surface area contributed by atoms with Crippen LogP contribution in [-0.2, 0) is 6.54 Å². The van der Waals surface area contributed by atoms with Crippen LogP contribution >= 0.6 is 15.9 Å². The second-order valence-corrected chi connectivity index (χ2v) is 5.08. The number of imidazole rings is 1. The molecule has 3 aromatic rings. The highest BCUT2D eigenvalue weighted by atomic mass is 79.9. The Balaban J connectivity index is 1.78. The van der Waals surface area contributed by atoms with Crippen LogP contribution in [0.15, 0.2) is 45.7 Å². The van der Waals surface area contributed by atoms with Crippen molar-refractivity contribution in [3.05, 3.63) is 57.3 Å². The van der Waals surface area contributed by atoms with E-state index in [0.29, 0.717) is 11.8 Å². The van der Waals surface area contributed by atoms with E-state index in [1.165, 1.54) is 17.1 Å². The monoisotopic (exact) mass is 349 g/mol. The smallest absolute Gasteiger partial charge is 0.381 e. The van der Waals surface area contributed by atoms with E-state index in [1.54, 1.807) is 0 Å². The fourth-order valence-electron chi connectivity index (χ4n) is 1.71. The molecule has 0 spiro atoms. The summed E-state index contributed by atoms with van der Waals surface area (Å²) in [5.41, 5.74) is 0.800. The van der Waals surface area contributed by atoms with Gasteiger partial charge >= 0.3 is 5.82 Å². The summed E-state index contributed by atoms with van der Waals surface area (Å²) in [6, 6.07) is 7.45. The van der Waals surface area contributed by atoms with Gasteiger partial charge in [0, 0.05) is 10.0 Å². The van der Waals surface area contributed by atoms with Crippen molar-refractivity contribution in [1.82, 2.24) is 19.7 Å². The minimum absolute atomic E-state index is 0.220. The minimum atomic E-state index is -0.558. The highest BCUT2D eigenvalue weighted by Crippen LogP contribution is 2.20. The van der Waals surface area contributed by atoms with Crippen molar-refractivity contribution in [2.75, 3.05) is 0 Å². The van der Waals surface area contributed by atoms with Crippen LogP contribution in [0.3, 0.4) is 0 Å². The average Bonchev–Trinajstić information content (AvgIpc) is 3.10. The Hall–Kier alpha value is -2.55. The van der Waals surface area contributed by atoms with Gasteiger partial charge in [-0.3, -0.25) is 0 Å². The molecular formula is C12H8BrN5O3. The average molecular weight is 350 g/mol. The van der Waals surface area contributed by atoms with Crippen LogP contribution < -0.4 is 0 Å². The van der Waals surface area contributed by atoms with Gasteiger partial charge in [0.15, 0.2) is 0 Å². The molecule has 2 heterocycles. The van der Waals surface area contributed by atoms with Crippen LogP contribution in [0.2, 0.25) is 0 Å². The quantitative estimate of drug-likeness (QED) is 0.530. The molecule has 21 heavy (non-hydrogen) atoms. The molecule has 0 aliphatic carbocycles. The number of nitro groups is 1. The maximum Gasteiger partial charge on any atom is 0.381 e. The van der Waals surface area contributed by atoms with Gasteiger partial charge in [-0.2, -0.15) is 0 Å². The van der Waals surface area contributed by atoms with Crippen molar-refractivity contribution in [2.45, 2.75) is 6.54 Å². The van der Waals surface area contributed by atoms with Gasteiger partial charge in [-0.05, 0) is 34.2 Å². The van der Waals surface area contributed by atoms with Crippen molar-refractivity contribution >= 4 is 21.7 Å². The number of aromatic nitrogens is 4. The van der Waals surface area contributed by atoms with E-state index in [1.807, 2.05) is 24.3 Å². The third-order valence-electron chi connectivity index (χ3n) is 2.68. The molecule has 1 aromatic carbocycles. The second-order valence-electron chi connectivity index (χ2n) is 4.17. The molecule has 0 saturated carbocycles. The normalized spacial score (nSPS) is 10.7. The molecule has 0 unspecified atom stereocenters. The zero-order valence-electron chi connectivity index (χ0n) is 10.5. The van der Waals surface area contributed by atoms with Gasteiger partial charge in [0.05, 0.1) is 0 Å². The lowest BCUT2D eigenvalue weighted by Gasteiger charge is -1.95. The van der Waals surface area contributed by atoms with Crippen molar-refractivity contribution in [2.24, 2.45) is 0 Å². The molecule has 106 valence electrons. The maximum atomic E-state index is 10.6. The van der Waals surface area contributed by atoms with Crippen LogP contribution in [0.4, 0.5) is 5.82 Å². The molecule has 0 radical (unpaired) electrons. The molecule has 0 amide bonds. The second kappa shape index (κ2) is 5.44. The molecule has 8 nitrogen and oxygen atoms in total. The Morgan fingerprint density at radius 2 is 2.05 bits per heavy atom. The summed E-state index contributed by atoms with van der Waals surface area (Å²) in [4.78, 5) is 13.7. The van der Waals surface area contributed by atoms with Crippen LogP contribution in [0.5, 0.6) is 0 Å². The molecule has 0 N–H and O–H groups in total. The lowest BCUT2D eigenvalue weighted by molar-refractivity contribution is -0.389. The maximum absolute atomic E-state index is 10.6. The van der Waals surface area contributed by atoms with Gasteiger partial charge in [0.1, 0.15) is 12.7 Å². The van der Waals surface area contributed by atoms with Gasteiger partial charge < -0.3 is 19.1 Å². The van der Waals surface area contributed by atoms with Gasteiger partial charge in [-0.1, -0.05) is 15.9 Å². The summed E-state index contributed by atoms with van der Waals surface area (Å²) in [5.74, 6) is 0.523. The first-order valence-corrected chi connectivity index (χ1v) is 6.65. The Kier molecular flexibility index (Phi) is 3.48. The van der Waals surface area contributed by atoms with Crippen molar-refractivity contribution in [3.63, 3.8) is 0 Å². The third kappa shape index (κ3) is 2.97. The predicted octanol–water partition coefficient (Wildman–Crippen LogP) is 2.65. The highest BCUT2D eigenvalue weighted by Gasteiger charge is 2.13. The summed E-state index contributed by atoms with van der Waals surface area (Å²) in [7, 11) is 0. The van der Waals surface area contributed by atoms with E-state index < -0.39 is 4.92 Å². The zero-order valence-corrected chi connectivity index (χ0v) is 12.1. The van der Waals surface area contributed by atoms with E-state index in [-0.39, 0.29) is 12.4 Å². The van der Waals surface area contributed by atoms with Crippen molar-refractivity contribution in [3.8, 4) is 11.5 Å². The van der Waals surface area contributed by atoms with Crippen LogP contribution in [-0.4, -0.2) is 24.7 Å². The minimum Gasteiger partial charge on any atom is -0.419 e. The highest BCUT2D eigenvalue weighted by molar-refractivity contribution is 9.10. The molecule has 0 bridgehead atoms. The topological polar surface area (TPSA) is 99.9 Å². The molecule has 2 aromatic heterocycles. The van der Waals surface area contributed by atoms with Gasteiger partial charge in [-0.15, -0.1) is 10.2 Å². The molecule has 0 atom stereocenters. The lowest BCUT2D eigenvalue weighted by Crippen LogP contribution is -1.96. The Morgan fingerprint density at radius 1 is 1.29 bits per heavy atom. The van der Waals surface area contributed by atoms with Crippen LogP contribution in [0.1, 0.15) is 5.89 Å². The number of nitrogens with zero attached hydrogens (tertiary/aromatic N) is 5. The first-order chi connectivity index (χ1) is 10.1. The zero-order chi connectivity index (χ0) is 14.8. The Morgan fingerprint density at radius 3 is 2.71 bits per heavy atom. The summed E-state index contributed by atoms with van der Waals surface area (Å²) >= 11 is 3.35. The molecule has 0 aliphatic heterocycles.